The Morgan fingerprint density at radius 3 is 2.45 bits per heavy atom. The number of anilines is 1. The van der Waals surface area contributed by atoms with Crippen molar-refractivity contribution in [3.63, 3.8) is 0 Å². The van der Waals surface area contributed by atoms with Gasteiger partial charge in [-0.1, -0.05) is 12.1 Å². The van der Waals surface area contributed by atoms with Crippen molar-refractivity contribution in [1.82, 2.24) is 19.8 Å². The predicted octanol–water partition coefficient (Wildman–Crippen LogP) is 7.50. The Morgan fingerprint density at radius 2 is 1.75 bits per heavy atom. The third-order valence-corrected chi connectivity index (χ3v) is 13.1. The number of rotatable bonds is 9. The highest BCUT2D eigenvalue weighted by atomic mass is 31.2. The fourth-order valence-electron chi connectivity index (χ4n) is 9.32. The van der Waals surface area contributed by atoms with E-state index in [9.17, 15) is 13.8 Å². The molecule has 4 aliphatic rings. The van der Waals surface area contributed by atoms with E-state index in [0.717, 1.165) is 32.2 Å². The van der Waals surface area contributed by atoms with Crippen LogP contribution >= 0.6 is 7.14 Å². The zero-order valence-corrected chi connectivity index (χ0v) is 33.6. The van der Waals surface area contributed by atoms with Gasteiger partial charge in [0.25, 0.3) is 0 Å². The quantitative estimate of drug-likeness (QED) is 0.125. The van der Waals surface area contributed by atoms with Crippen molar-refractivity contribution in [2.75, 3.05) is 64.9 Å². The Bertz CT molecular complexity index is 2240. The molecule has 1 aromatic heterocycles. The molecular formula is C41H49F3N5O6P. The monoisotopic (exact) mass is 795 g/mol. The standard InChI is InChI=1S/C41H49F3N5O6P/c1-40(2,3)55-39(50)49-26-9-10-27(49)21-47(20-26)37-30-12-11-29(31-17-28(54-23-52-4)16-24-8-13-32(43)36(33(24)31)56(5,6)51)34(44)35(30)45-38(46-37)53-22-41-14-7-15-48(41)19-25(42)18-41/h8,11-13,16-17,25-27H,7,9-10,14-15,18-23H2,1-6H3/t25-,26-,27+,41+/m1/s1. The highest BCUT2D eigenvalue weighted by Crippen LogP contribution is 2.46. The summed E-state index contributed by atoms with van der Waals surface area (Å²) in [5.41, 5.74) is -0.796. The average Bonchev–Trinajstić information content (AvgIpc) is 3.75. The summed E-state index contributed by atoms with van der Waals surface area (Å²) in [7, 11) is -1.75. The molecule has 300 valence electrons. The normalized spacial score (nSPS) is 24.0. The molecule has 0 saturated carbocycles. The number of aromatic nitrogens is 2. The summed E-state index contributed by atoms with van der Waals surface area (Å²) in [4.78, 5) is 28.9. The minimum Gasteiger partial charge on any atom is -0.468 e. The number of halogens is 3. The molecule has 11 nitrogen and oxygen atoms in total. The number of hydrogen-bond donors (Lipinski definition) is 0. The zero-order chi connectivity index (χ0) is 39.7. The van der Waals surface area contributed by atoms with Crippen LogP contribution in [0.5, 0.6) is 11.8 Å². The number of nitrogens with zero attached hydrogens (tertiary/aromatic N) is 5. The van der Waals surface area contributed by atoms with Crippen LogP contribution in [0, 0.1) is 11.6 Å². The molecule has 1 amide bonds. The Labute approximate surface area is 324 Å². The molecule has 15 heteroatoms. The fourth-order valence-corrected chi connectivity index (χ4v) is 10.7. The summed E-state index contributed by atoms with van der Waals surface area (Å²) in [5.74, 6) is -0.560. The molecule has 3 aromatic carbocycles. The van der Waals surface area contributed by atoms with Crippen molar-refractivity contribution in [3.05, 3.63) is 48.0 Å². The molecule has 4 aliphatic heterocycles. The van der Waals surface area contributed by atoms with Crippen LogP contribution in [-0.2, 0) is 14.0 Å². The molecule has 2 bridgehead atoms. The third-order valence-electron chi connectivity index (χ3n) is 11.6. The third kappa shape index (κ3) is 7.06. The summed E-state index contributed by atoms with van der Waals surface area (Å²) in [6, 6.07) is 9.09. The highest BCUT2D eigenvalue weighted by molar-refractivity contribution is 7.70. The molecule has 0 radical (unpaired) electrons. The maximum absolute atomic E-state index is 17.5. The summed E-state index contributed by atoms with van der Waals surface area (Å²) >= 11 is 0. The first kappa shape index (κ1) is 38.7. The minimum absolute atomic E-state index is 0.0108. The van der Waals surface area contributed by atoms with Crippen LogP contribution in [0.15, 0.2) is 36.4 Å². The maximum Gasteiger partial charge on any atom is 0.410 e. The first-order valence-electron chi connectivity index (χ1n) is 19.3. The number of hydrogen-bond acceptors (Lipinski definition) is 10. The molecule has 56 heavy (non-hydrogen) atoms. The number of alkyl halides is 1. The van der Waals surface area contributed by atoms with Crippen LogP contribution in [-0.4, -0.2) is 115 Å². The Morgan fingerprint density at radius 1 is 1.00 bits per heavy atom. The largest absolute Gasteiger partial charge is 0.468 e. The number of amides is 1. The smallest absolute Gasteiger partial charge is 0.410 e. The van der Waals surface area contributed by atoms with Gasteiger partial charge in [0, 0.05) is 49.5 Å². The summed E-state index contributed by atoms with van der Waals surface area (Å²) < 4.78 is 84.5. The van der Waals surface area contributed by atoms with Gasteiger partial charge in [-0.05, 0) is 102 Å². The second-order valence-corrected chi connectivity index (χ2v) is 20.2. The van der Waals surface area contributed by atoms with Crippen LogP contribution in [0.3, 0.4) is 0 Å². The number of methoxy groups -OCH3 is 1. The number of benzene rings is 3. The van der Waals surface area contributed by atoms with Crippen molar-refractivity contribution >= 4 is 46.0 Å². The Balaban J connectivity index is 1.26. The number of ether oxygens (including phenoxy) is 4. The van der Waals surface area contributed by atoms with E-state index >= 15 is 8.78 Å². The van der Waals surface area contributed by atoms with E-state index in [1.807, 2.05) is 25.7 Å². The van der Waals surface area contributed by atoms with E-state index < -0.39 is 36.1 Å². The number of piperazine rings is 1. The SMILES string of the molecule is COCOc1cc(-c2ccc3c(N4C[C@H]5CC[C@@H](C4)N5C(=O)OC(C)(C)C)nc(OC[C@@]45CCCN4C[C@H](F)C5)nc3c2F)c2c(P(C)(C)=O)c(F)ccc2c1. The second kappa shape index (κ2) is 14.4. The van der Waals surface area contributed by atoms with Crippen molar-refractivity contribution < 1.29 is 41.5 Å². The second-order valence-electron chi connectivity index (χ2n) is 17.1. The molecular weight excluding hydrogens is 746 g/mol. The lowest BCUT2D eigenvalue weighted by molar-refractivity contribution is 0.0122. The minimum atomic E-state index is -3.23. The van der Waals surface area contributed by atoms with Gasteiger partial charge in [-0.2, -0.15) is 9.97 Å². The lowest BCUT2D eigenvalue weighted by Gasteiger charge is -2.42. The lowest BCUT2D eigenvalue weighted by Crippen LogP contribution is -2.57. The molecule has 0 spiro atoms. The van der Waals surface area contributed by atoms with Gasteiger partial charge in [-0.25, -0.2) is 18.0 Å². The van der Waals surface area contributed by atoms with Gasteiger partial charge in [0.2, 0.25) is 0 Å². The molecule has 0 aliphatic carbocycles. The number of carbonyl (C=O) groups excluding carboxylic acids is 1. The summed E-state index contributed by atoms with van der Waals surface area (Å²) in [6.45, 7) is 10.6. The first-order chi connectivity index (χ1) is 26.5. The van der Waals surface area contributed by atoms with E-state index in [4.69, 9.17) is 23.9 Å². The van der Waals surface area contributed by atoms with E-state index in [-0.39, 0.29) is 59.5 Å². The van der Waals surface area contributed by atoms with Crippen LogP contribution in [0.25, 0.3) is 32.8 Å². The van der Waals surface area contributed by atoms with Crippen molar-refractivity contribution in [2.24, 2.45) is 0 Å². The fraction of sp³-hybridized carbons (Fsp3) is 0.537. The zero-order valence-electron chi connectivity index (χ0n) is 32.7. The molecule has 5 heterocycles. The van der Waals surface area contributed by atoms with E-state index in [1.54, 1.807) is 30.3 Å². The predicted molar refractivity (Wildman–Crippen MR) is 210 cm³/mol. The van der Waals surface area contributed by atoms with Gasteiger partial charge < -0.3 is 28.4 Å². The summed E-state index contributed by atoms with van der Waals surface area (Å²) in [5, 5.41) is 1.26. The number of fused-ring (bicyclic) bond motifs is 5. The molecule has 0 N–H and O–H groups in total. The van der Waals surface area contributed by atoms with Crippen LogP contribution in [0.4, 0.5) is 23.8 Å². The Hall–Kier alpha value is -4.13. The van der Waals surface area contributed by atoms with Crippen LogP contribution in [0.1, 0.15) is 52.9 Å². The van der Waals surface area contributed by atoms with Gasteiger partial charge in [-0.15, -0.1) is 0 Å². The van der Waals surface area contributed by atoms with Crippen molar-refractivity contribution in [3.8, 4) is 22.9 Å². The molecule has 0 unspecified atom stereocenters. The first-order valence-corrected chi connectivity index (χ1v) is 21.9. The summed E-state index contributed by atoms with van der Waals surface area (Å²) in [6.07, 6.45) is 2.28. The van der Waals surface area contributed by atoms with E-state index in [1.165, 1.54) is 26.5 Å². The van der Waals surface area contributed by atoms with Crippen molar-refractivity contribution in [1.29, 1.82) is 0 Å². The van der Waals surface area contributed by atoms with Crippen molar-refractivity contribution in [2.45, 2.75) is 82.3 Å². The number of carbonyl (C=O) groups is 1. The van der Waals surface area contributed by atoms with Crippen LogP contribution < -0.4 is 19.7 Å². The van der Waals surface area contributed by atoms with Gasteiger partial charge in [0.05, 0.1) is 22.9 Å². The van der Waals surface area contributed by atoms with Gasteiger partial charge >= 0.3 is 12.1 Å². The topological polar surface area (TPSA) is 107 Å². The van der Waals surface area contributed by atoms with Gasteiger partial charge in [0.1, 0.15) is 48.4 Å². The highest BCUT2D eigenvalue weighted by Gasteiger charge is 2.50. The molecule has 8 rings (SSSR count). The molecule has 4 aromatic rings. The van der Waals surface area contributed by atoms with E-state index in [0.29, 0.717) is 53.8 Å². The van der Waals surface area contributed by atoms with Crippen LogP contribution in [0.2, 0.25) is 0 Å². The molecule has 4 atom stereocenters. The maximum atomic E-state index is 17.5. The van der Waals surface area contributed by atoms with E-state index in [2.05, 4.69) is 14.8 Å². The van der Waals surface area contributed by atoms with Gasteiger partial charge in [0.15, 0.2) is 12.6 Å². The average molecular weight is 796 g/mol. The molecule has 4 saturated heterocycles. The molecule has 4 fully saturated rings. The lowest BCUT2D eigenvalue weighted by atomic mass is 9.95. The Kier molecular flexibility index (Phi) is 9.93. The van der Waals surface area contributed by atoms with Gasteiger partial charge in [-0.3, -0.25) is 9.80 Å².